The number of furan rings is 1. The lowest BCUT2D eigenvalue weighted by Gasteiger charge is -2.06. The third-order valence-corrected chi connectivity index (χ3v) is 2.66. The Morgan fingerprint density at radius 3 is 2.89 bits per heavy atom. The third kappa shape index (κ3) is 3.76. The van der Waals surface area contributed by atoms with Crippen molar-refractivity contribution >= 4 is 17.5 Å². The average molecular weight is 280 g/mol. The maximum atomic E-state index is 11.7. The van der Waals surface area contributed by atoms with Crippen molar-refractivity contribution in [2.75, 3.05) is 6.61 Å². The lowest BCUT2D eigenvalue weighted by molar-refractivity contribution is 0.0923. The van der Waals surface area contributed by atoms with Crippen LogP contribution >= 0.6 is 11.6 Å². The molecule has 0 atom stereocenters. The normalized spacial score (nSPS) is 10.2. The number of amides is 1. The van der Waals surface area contributed by atoms with Crippen LogP contribution < -0.4 is 10.1 Å². The molecule has 4 nitrogen and oxygen atoms in total. The molecular formula is C14H14ClNO3. The lowest BCUT2D eigenvalue weighted by atomic mass is 10.2. The van der Waals surface area contributed by atoms with Gasteiger partial charge in [0, 0.05) is 6.54 Å². The molecule has 0 bridgehead atoms. The second kappa shape index (κ2) is 6.29. The van der Waals surface area contributed by atoms with Gasteiger partial charge in [0.2, 0.25) is 0 Å². The maximum absolute atomic E-state index is 11.7. The summed E-state index contributed by atoms with van der Waals surface area (Å²) in [5.41, 5.74) is 0.956. The highest BCUT2D eigenvalue weighted by atomic mass is 35.5. The van der Waals surface area contributed by atoms with Crippen LogP contribution in [0, 0.1) is 0 Å². The Morgan fingerprint density at radius 2 is 2.21 bits per heavy atom. The van der Waals surface area contributed by atoms with Gasteiger partial charge in [0.15, 0.2) is 11.0 Å². The molecule has 1 heterocycles. The number of nitrogens with one attached hydrogen (secondary N) is 1. The van der Waals surface area contributed by atoms with Crippen molar-refractivity contribution in [1.29, 1.82) is 0 Å². The maximum Gasteiger partial charge on any atom is 0.287 e. The van der Waals surface area contributed by atoms with Crippen LogP contribution in [-0.4, -0.2) is 12.5 Å². The SMILES string of the molecule is CCOc1cccc(CNC(=O)c2ccc(Cl)o2)c1. The predicted octanol–water partition coefficient (Wildman–Crippen LogP) is 3.26. The van der Waals surface area contributed by atoms with Crippen LogP contribution in [0.2, 0.25) is 5.22 Å². The van der Waals surface area contributed by atoms with Gasteiger partial charge >= 0.3 is 0 Å². The highest BCUT2D eigenvalue weighted by Crippen LogP contribution is 2.15. The van der Waals surface area contributed by atoms with E-state index in [1.54, 1.807) is 0 Å². The van der Waals surface area contributed by atoms with Crippen molar-refractivity contribution in [2.45, 2.75) is 13.5 Å². The first-order chi connectivity index (χ1) is 9.19. The quantitative estimate of drug-likeness (QED) is 0.914. The van der Waals surface area contributed by atoms with Gasteiger partial charge in [-0.05, 0) is 48.4 Å². The molecule has 0 aliphatic rings. The van der Waals surface area contributed by atoms with Crippen molar-refractivity contribution in [3.63, 3.8) is 0 Å². The van der Waals surface area contributed by atoms with E-state index in [4.69, 9.17) is 20.8 Å². The summed E-state index contributed by atoms with van der Waals surface area (Å²) in [6.07, 6.45) is 0. The first-order valence-electron chi connectivity index (χ1n) is 5.94. The predicted molar refractivity (Wildman–Crippen MR) is 72.5 cm³/mol. The largest absolute Gasteiger partial charge is 0.494 e. The first kappa shape index (κ1) is 13.5. The van der Waals surface area contributed by atoms with Crippen LogP contribution in [0.3, 0.4) is 0 Å². The molecule has 0 aliphatic carbocycles. The summed E-state index contributed by atoms with van der Waals surface area (Å²) in [7, 11) is 0. The van der Waals surface area contributed by atoms with Gasteiger partial charge in [-0.15, -0.1) is 0 Å². The summed E-state index contributed by atoms with van der Waals surface area (Å²) < 4.78 is 10.4. The third-order valence-electron chi connectivity index (χ3n) is 2.46. The molecule has 1 aromatic carbocycles. The van der Waals surface area contributed by atoms with E-state index in [2.05, 4.69) is 5.32 Å². The van der Waals surface area contributed by atoms with Gasteiger partial charge in [-0.1, -0.05) is 12.1 Å². The summed E-state index contributed by atoms with van der Waals surface area (Å²) in [6, 6.07) is 10.6. The highest BCUT2D eigenvalue weighted by molar-refractivity contribution is 6.29. The molecule has 0 saturated heterocycles. The van der Waals surface area contributed by atoms with E-state index in [1.165, 1.54) is 12.1 Å². The molecule has 1 amide bonds. The van der Waals surface area contributed by atoms with Crippen LogP contribution in [0.15, 0.2) is 40.8 Å². The number of hydrogen-bond acceptors (Lipinski definition) is 3. The molecule has 0 aliphatic heterocycles. The fraction of sp³-hybridized carbons (Fsp3) is 0.214. The molecule has 0 radical (unpaired) electrons. The second-order valence-electron chi connectivity index (χ2n) is 3.87. The Hall–Kier alpha value is -1.94. The minimum Gasteiger partial charge on any atom is -0.494 e. The Kier molecular flexibility index (Phi) is 4.47. The Balaban J connectivity index is 1.95. The van der Waals surface area contributed by atoms with Crippen LogP contribution in [0.1, 0.15) is 23.0 Å². The van der Waals surface area contributed by atoms with Crippen LogP contribution in [0.4, 0.5) is 0 Å². The smallest absolute Gasteiger partial charge is 0.287 e. The molecule has 1 aromatic heterocycles. The van der Waals surface area contributed by atoms with E-state index in [1.807, 2.05) is 31.2 Å². The standard InChI is InChI=1S/C14H14ClNO3/c1-2-18-11-5-3-4-10(8-11)9-16-14(17)12-6-7-13(15)19-12/h3-8H,2,9H2,1H3,(H,16,17). The molecule has 0 saturated carbocycles. The minimum absolute atomic E-state index is 0.198. The Morgan fingerprint density at radius 1 is 1.37 bits per heavy atom. The van der Waals surface area contributed by atoms with E-state index < -0.39 is 0 Å². The number of rotatable bonds is 5. The summed E-state index contributed by atoms with van der Waals surface area (Å²) in [6.45, 7) is 2.94. The van der Waals surface area contributed by atoms with Crippen LogP contribution in [0.25, 0.3) is 0 Å². The molecule has 19 heavy (non-hydrogen) atoms. The van der Waals surface area contributed by atoms with Gasteiger partial charge in [-0.2, -0.15) is 0 Å². The minimum atomic E-state index is -0.297. The molecule has 2 aromatic rings. The zero-order valence-corrected chi connectivity index (χ0v) is 11.2. The molecule has 100 valence electrons. The Labute approximate surface area is 116 Å². The highest BCUT2D eigenvalue weighted by Gasteiger charge is 2.09. The zero-order chi connectivity index (χ0) is 13.7. The van der Waals surface area contributed by atoms with Gasteiger partial charge in [-0.3, -0.25) is 4.79 Å². The monoisotopic (exact) mass is 279 g/mol. The topological polar surface area (TPSA) is 51.5 Å². The van der Waals surface area contributed by atoms with Crippen molar-refractivity contribution in [3.05, 3.63) is 52.9 Å². The summed E-state index contributed by atoms with van der Waals surface area (Å²) in [5, 5.41) is 2.95. The summed E-state index contributed by atoms with van der Waals surface area (Å²) in [4.78, 5) is 11.7. The number of carbonyl (C=O) groups is 1. The fourth-order valence-electron chi connectivity index (χ4n) is 1.62. The van der Waals surface area contributed by atoms with Crippen molar-refractivity contribution in [2.24, 2.45) is 0 Å². The molecule has 2 rings (SSSR count). The molecule has 5 heteroatoms. The zero-order valence-electron chi connectivity index (χ0n) is 10.5. The number of hydrogen-bond donors (Lipinski definition) is 1. The Bertz CT molecular complexity index is 565. The second-order valence-corrected chi connectivity index (χ2v) is 4.24. The van der Waals surface area contributed by atoms with Gasteiger partial charge in [0.05, 0.1) is 6.61 Å². The summed E-state index contributed by atoms with van der Waals surface area (Å²) >= 11 is 5.61. The van der Waals surface area contributed by atoms with Gasteiger partial charge in [-0.25, -0.2) is 0 Å². The van der Waals surface area contributed by atoms with E-state index in [-0.39, 0.29) is 16.9 Å². The number of ether oxygens (including phenoxy) is 1. The van der Waals surface area contributed by atoms with E-state index in [0.29, 0.717) is 13.2 Å². The molecule has 1 N–H and O–H groups in total. The lowest BCUT2D eigenvalue weighted by Crippen LogP contribution is -2.22. The van der Waals surface area contributed by atoms with Gasteiger partial charge < -0.3 is 14.5 Å². The van der Waals surface area contributed by atoms with Crippen molar-refractivity contribution < 1.29 is 13.9 Å². The van der Waals surface area contributed by atoms with E-state index in [9.17, 15) is 4.79 Å². The molecule has 0 spiro atoms. The molecule has 0 unspecified atom stereocenters. The van der Waals surface area contributed by atoms with Crippen molar-refractivity contribution in [3.8, 4) is 5.75 Å². The number of carbonyl (C=O) groups excluding carboxylic acids is 1. The van der Waals surface area contributed by atoms with Gasteiger partial charge in [0.1, 0.15) is 5.75 Å². The average Bonchev–Trinajstić information content (AvgIpc) is 2.84. The molecule has 0 fully saturated rings. The number of benzene rings is 1. The summed E-state index contributed by atoms with van der Waals surface area (Å²) in [5.74, 6) is 0.690. The van der Waals surface area contributed by atoms with Gasteiger partial charge in [0.25, 0.3) is 5.91 Å². The van der Waals surface area contributed by atoms with Crippen LogP contribution in [0.5, 0.6) is 5.75 Å². The van der Waals surface area contributed by atoms with Crippen molar-refractivity contribution in [1.82, 2.24) is 5.32 Å². The molecular weight excluding hydrogens is 266 g/mol. The number of halogens is 1. The van der Waals surface area contributed by atoms with E-state index in [0.717, 1.165) is 11.3 Å². The first-order valence-corrected chi connectivity index (χ1v) is 6.32. The fourth-order valence-corrected chi connectivity index (χ4v) is 1.76. The van der Waals surface area contributed by atoms with Crippen LogP contribution in [-0.2, 0) is 6.54 Å². The van der Waals surface area contributed by atoms with E-state index >= 15 is 0 Å².